The van der Waals surface area contributed by atoms with E-state index in [-0.39, 0.29) is 45.8 Å². The second kappa shape index (κ2) is 6.05. The minimum absolute atomic E-state index is 0.0352. The Balaban J connectivity index is 2.39. The van der Waals surface area contributed by atoms with Gasteiger partial charge in [0.25, 0.3) is 0 Å². The first-order chi connectivity index (χ1) is 11.8. The quantitative estimate of drug-likeness (QED) is 0.628. The molecular weight excluding hydrogens is 324 g/mol. The first-order valence-corrected chi connectivity index (χ1v) is 7.77. The molecule has 3 N–H and O–H groups in total. The maximum absolute atomic E-state index is 12.9. The van der Waals surface area contributed by atoms with Crippen molar-refractivity contribution >= 4 is 11.0 Å². The van der Waals surface area contributed by atoms with Gasteiger partial charge in [-0.05, 0) is 56.7 Å². The van der Waals surface area contributed by atoms with E-state index in [1.54, 1.807) is 26.8 Å². The van der Waals surface area contributed by atoms with E-state index >= 15 is 0 Å². The molecular formula is C19H18O6. The molecule has 0 radical (unpaired) electrons. The predicted octanol–water partition coefficient (Wildman–Crippen LogP) is 3.67. The van der Waals surface area contributed by atoms with Crippen LogP contribution >= 0.6 is 0 Å². The molecule has 1 aromatic heterocycles. The lowest BCUT2D eigenvalue weighted by Gasteiger charge is -2.15. The van der Waals surface area contributed by atoms with Crippen LogP contribution in [0, 0.1) is 6.92 Å². The zero-order valence-corrected chi connectivity index (χ0v) is 14.0. The fourth-order valence-corrected chi connectivity index (χ4v) is 2.61. The maximum Gasteiger partial charge on any atom is 0.239 e. The molecule has 0 fully saturated rings. The molecule has 0 aliphatic rings. The Hall–Kier alpha value is -3.15. The number of aryl methyl sites for hydroxylation is 1. The largest absolute Gasteiger partial charge is 0.507 e. The molecule has 2 aromatic carbocycles. The van der Waals surface area contributed by atoms with Crippen molar-refractivity contribution in [3.05, 3.63) is 46.1 Å². The van der Waals surface area contributed by atoms with Crippen molar-refractivity contribution in [1.82, 2.24) is 0 Å². The van der Waals surface area contributed by atoms with Crippen LogP contribution < -0.4 is 10.2 Å². The van der Waals surface area contributed by atoms with Gasteiger partial charge in [-0.2, -0.15) is 0 Å². The summed E-state index contributed by atoms with van der Waals surface area (Å²) in [7, 11) is 0. The summed E-state index contributed by atoms with van der Waals surface area (Å²) in [5, 5.41) is 29.4. The van der Waals surface area contributed by atoms with Gasteiger partial charge >= 0.3 is 0 Å². The number of fused-ring (bicyclic) bond motifs is 1. The van der Waals surface area contributed by atoms with E-state index in [4.69, 9.17) is 9.15 Å². The van der Waals surface area contributed by atoms with Gasteiger partial charge in [-0.15, -0.1) is 0 Å². The molecule has 3 rings (SSSR count). The van der Waals surface area contributed by atoms with Crippen LogP contribution in [0.25, 0.3) is 22.3 Å². The number of hydrogen-bond acceptors (Lipinski definition) is 6. The van der Waals surface area contributed by atoms with Crippen molar-refractivity contribution in [2.24, 2.45) is 0 Å². The Morgan fingerprint density at radius 1 is 1.00 bits per heavy atom. The molecule has 0 aliphatic heterocycles. The minimum atomic E-state index is -0.505. The van der Waals surface area contributed by atoms with E-state index < -0.39 is 5.43 Å². The maximum atomic E-state index is 12.9. The standard InChI is InChI=1S/C19H18O6/c1-9(2)24-19-17(23)16-14(22)6-10(3)7-15(16)25-18(19)11-4-5-12(20)13(21)8-11/h4-9,20-22H,1-3H3. The van der Waals surface area contributed by atoms with Crippen molar-refractivity contribution in [2.75, 3.05) is 0 Å². The monoisotopic (exact) mass is 342 g/mol. The second-order valence-electron chi connectivity index (χ2n) is 6.12. The molecule has 0 spiro atoms. The summed E-state index contributed by atoms with van der Waals surface area (Å²) in [4.78, 5) is 12.9. The van der Waals surface area contributed by atoms with Gasteiger partial charge in [0.05, 0.1) is 6.10 Å². The third kappa shape index (κ3) is 2.98. The van der Waals surface area contributed by atoms with Gasteiger partial charge in [0.2, 0.25) is 11.2 Å². The highest BCUT2D eigenvalue weighted by Crippen LogP contribution is 2.37. The lowest BCUT2D eigenvalue weighted by molar-refractivity contribution is 0.236. The highest BCUT2D eigenvalue weighted by molar-refractivity contribution is 5.87. The number of hydrogen-bond donors (Lipinski definition) is 3. The Morgan fingerprint density at radius 2 is 1.72 bits per heavy atom. The first kappa shape index (κ1) is 16.7. The average molecular weight is 342 g/mol. The number of phenolic OH excluding ortho intramolecular Hbond substituents is 3. The summed E-state index contributed by atoms with van der Waals surface area (Å²) in [5.41, 5.74) is 0.798. The fraction of sp³-hybridized carbons (Fsp3) is 0.211. The number of rotatable bonds is 3. The topological polar surface area (TPSA) is 100 Å². The number of ether oxygens (including phenoxy) is 1. The van der Waals surface area contributed by atoms with Crippen molar-refractivity contribution in [3.8, 4) is 34.3 Å². The van der Waals surface area contributed by atoms with Crippen molar-refractivity contribution in [3.63, 3.8) is 0 Å². The summed E-state index contributed by atoms with van der Waals surface area (Å²) in [5.74, 6) is -0.759. The highest BCUT2D eigenvalue weighted by Gasteiger charge is 2.21. The van der Waals surface area contributed by atoms with Crippen LogP contribution in [0.4, 0.5) is 0 Å². The van der Waals surface area contributed by atoms with Gasteiger partial charge in [0.1, 0.15) is 16.7 Å². The van der Waals surface area contributed by atoms with E-state index in [0.29, 0.717) is 5.56 Å². The van der Waals surface area contributed by atoms with Crippen LogP contribution in [-0.2, 0) is 0 Å². The molecule has 1 heterocycles. The van der Waals surface area contributed by atoms with Gasteiger partial charge < -0.3 is 24.5 Å². The first-order valence-electron chi connectivity index (χ1n) is 7.77. The fourth-order valence-electron chi connectivity index (χ4n) is 2.61. The van der Waals surface area contributed by atoms with Gasteiger partial charge in [-0.3, -0.25) is 4.79 Å². The lowest BCUT2D eigenvalue weighted by atomic mass is 10.1. The highest BCUT2D eigenvalue weighted by atomic mass is 16.5. The number of phenols is 3. The smallest absolute Gasteiger partial charge is 0.239 e. The van der Waals surface area contributed by atoms with E-state index in [9.17, 15) is 20.1 Å². The third-order valence-electron chi connectivity index (χ3n) is 3.67. The zero-order chi connectivity index (χ0) is 18.3. The van der Waals surface area contributed by atoms with Crippen LogP contribution in [0.5, 0.6) is 23.0 Å². The zero-order valence-electron chi connectivity index (χ0n) is 14.0. The molecule has 0 amide bonds. The number of benzene rings is 2. The van der Waals surface area contributed by atoms with Gasteiger partial charge in [-0.25, -0.2) is 0 Å². The second-order valence-corrected chi connectivity index (χ2v) is 6.12. The Morgan fingerprint density at radius 3 is 2.36 bits per heavy atom. The van der Waals surface area contributed by atoms with Crippen LogP contribution in [0.2, 0.25) is 0 Å². The molecule has 0 bridgehead atoms. The summed E-state index contributed by atoms with van der Waals surface area (Å²) < 4.78 is 11.5. The number of aromatic hydroxyl groups is 3. The van der Waals surface area contributed by atoms with Crippen LogP contribution in [0.3, 0.4) is 0 Å². The Kier molecular flexibility index (Phi) is 4.04. The Labute approximate surface area is 143 Å². The van der Waals surface area contributed by atoms with Crippen LogP contribution in [0.15, 0.2) is 39.5 Å². The summed E-state index contributed by atoms with van der Waals surface area (Å²) in [6.07, 6.45) is -0.308. The molecule has 0 saturated heterocycles. The van der Waals surface area contributed by atoms with Crippen LogP contribution in [0.1, 0.15) is 19.4 Å². The lowest BCUT2D eigenvalue weighted by Crippen LogP contribution is -2.15. The molecule has 3 aromatic rings. The van der Waals surface area contributed by atoms with E-state index in [2.05, 4.69) is 0 Å². The molecule has 0 unspecified atom stereocenters. The minimum Gasteiger partial charge on any atom is -0.507 e. The third-order valence-corrected chi connectivity index (χ3v) is 3.67. The SMILES string of the molecule is Cc1cc(O)c2c(=O)c(OC(C)C)c(-c3ccc(O)c(O)c3)oc2c1. The molecule has 130 valence electrons. The van der Waals surface area contributed by atoms with E-state index in [1.165, 1.54) is 24.3 Å². The summed E-state index contributed by atoms with van der Waals surface area (Å²) in [6.45, 7) is 5.29. The van der Waals surface area contributed by atoms with E-state index in [1.807, 2.05) is 0 Å². The van der Waals surface area contributed by atoms with Gasteiger partial charge in [0.15, 0.2) is 17.3 Å². The van der Waals surface area contributed by atoms with Crippen molar-refractivity contribution < 1.29 is 24.5 Å². The van der Waals surface area contributed by atoms with Crippen molar-refractivity contribution in [2.45, 2.75) is 26.9 Å². The predicted molar refractivity (Wildman–Crippen MR) is 93.4 cm³/mol. The molecule has 0 atom stereocenters. The van der Waals surface area contributed by atoms with Crippen LogP contribution in [-0.4, -0.2) is 21.4 Å². The van der Waals surface area contributed by atoms with Gasteiger partial charge in [-0.1, -0.05) is 0 Å². The molecule has 6 nitrogen and oxygen atoms in total. The molecule has 0 aliphatic carbocycles. The van der Waals surface area contributed by atoms with Gasteiger partial charge in [0, 0.05) is 5.56 Å². The normalized spacial score (nSPS) is 11.2. The summed E-state index contributed by atoms with van der Waals surface area (Å²) in [6, 6.07) is 7.19. The summed E-state index contributed by atoms with van der Waals surface area (Å²) >= 11 is 0. The molecule has 0 saturated carbocycles. The molecule has 6 heteroatoms. The van der Waals surface area contributed by atoms with Crippen molar-refractivity contribution in [1.29, 1.82) is 0 Å². The van der Waals surface area contributed by atoms with E-state index in [0.717, 1.165) is 5.56 Å². The molecule has 25 heavy (non-hydrogen) atoms. The average Bonchev–Trinajstić information content (AvgIpc) is 2.51. The Bertz CT molecular complexity index is 1020.